The van der Waals surface area contributed by atoms with Crippen molar-refractivity contribution in [1.29, 1.82) is 0 Å². The van der Waals surface area contributed by atoms with Crippen LogP contribution >= 0.6 is 22.6 Å². The number of esters is 1. The molecule has 0 saturated carbocycles. The summed E-state index contributed by atoms with van der Waals surface area (Å²) in [6.45, 7) is 3.93. The van der Waals surface area contributed by atoms with Crippen LogP contribution in [0.5, 0.6) is 0 Å². The van der Waals surface area contributed by atoms with Gasteiger partial charge in [0.2, 0.25) is 5.91 Å². The molecule has 0 radical (unpaired) electrons. The monoisotopic (exact) mass is 389 g/mol. The molecule has 1 atom stereocenters. The molecule has 0 fully saturated rings. The SMILES string of the molecule is COC(=O)[C@@H](Cc1ccccc1I)NC(=O)CC(C)C. The molecule has 1 aromatic carbocycles. The number of rotatable bonds is 6. The van der Waals surface area contributed by atoms with E-state index >= 15 is 0 Å². The van der Waals surface area contributed by atoms with Crippen LogP contribution in [0.25, 0.3) is 0 Å². The fourth-order valence-electron chi connectivity index (χ4n) is 1.84. The van der Waals surface area contributed by atoms with Gasteiger partial charge in [0.1, 0.15) is 6.04 Å². The highest BCUT2D eigenvalue weighted by Gasteiger charge is 2.22. The van der Waals surface area contributed by atoms with Crippen LogP contribution in [0.15, 0.2) is 24.3 Å². The van der Waals surface area contributed by atoms with Crippen LogP contribution in [0.4, 0.5) is 0 Å². The molecule has 1 amide bonds. The molecule has 0 saturated heterocycles. The molecule has 0 aliphatic carbocycles. The van der Waals surface area contributed by atoms with Gasteiger partial charge in [-0.15, -0.1) is 0 Å². The number of hydrogen-bond acceptors (Lipinski definition) is 3. The summed E-state index contributed by atoms with van der Waals surface area (Å²) in [5.41, 5.74) is 1.02. The predicted octanol–water partition coefficient (Wildman–Crippen LogP) is 2.54. The van der Waals surface area contributed by atoms with Gasteiger partial charge in [-0.1, -0.05) is 32.0 Å². The number of ether oxygens (including phenoxy) is 1. The van der Waals surface area contributed by atoms with Gasteiger partial charge in [-0.3, -0.25) is 4.79 Å². The molecule has 20 heavy (non-hydrogen) atoms. The van der Waals surface area contributed by atoms with Gasteiger partial charge in [-0.05, 0) is 40.1 Å². The highest BCUT2D eigenvalue weighted by Crippen LogP contribution is 2.14. The van der Waals surface area contributed by atoms with Crippen LogP contribution in [0.3, 0.4) is 0 Å². The zero-order chi connectivity index (χ0) is 15.1. The molecule has 0 heterocycles. The molecule has 4 nitrogen and oxygen atoms in total. The largest absolute Gasteiger partial charge is 0.467 e. The molecule has 0 aromatic heterocycles. The summed E-state index contributed by atoms with van der Waals surface area (Å²) >= 11 is 2.22. The predicted molar refractivity (Wildman–Crippen MR) is 86.3 cm³/mol. The van der Waals surface area contributed by atoms with E-state index in [-0.39, 0.29) is 11.8 Å². The Labute approximate surface area is 133 Å². The average Bonchev–Trinajstić information content (AvgIpc) is 2.38. The summed E-state index contributed by atoms with van der Waals surface area (Å²) in [6, 6.07) is 7.14. The quantitative estimate of drug-likeness (QED) is 0.601. The Morgan fingerprint density at radius 1 is 1.30 bits per heavy atom. The lowest BCUT2D eigenvalue weighted by Gasteiger charge is -2.18. The van der Waals surface area contributed by atoms with Crippen LogP contribution in [0, 0.1) is 9.49 Å². The first-order chi connectivity index (χ1) is 9.43. The van der Waals surface area contributed by atoms with Crippen molar-refractivity contribution in [2.75, 3.05) is 7.11 Å². The van der Waals surface area contributed by atoms with Gasteiger partial charge in [0.25, 0.3) is 0 Å². The maximum absolute atomic E-state index is 11.8. The first kappa shape index (κ1) is 16.9. The highest BCUT2D eigenvalue weighted by atomic mass is 127. The van der Waals surface area contributed by atoms with E-state index in [1.165, 1.54) is 7.11 Å². The fraction of sp³-hybridized carbons (Fsp3) is 0.467. The molecule has 0 spiro atoms. The Balaban J connectivity index is 2.78. The van der Waals surface area contributed by atoms with Gasteiger partial charge >= 0.3 is 5.97 Å². The topological polar surface area (TPSA) is 55.4 Å². The molecule has 0 aliphatic rings. The molecule has 0 bridgehead atoms. The molecule has 1 N–H and O–H groups in total. The Hall–Kier alpha value is -1.11. The van der Waals surface area contributed by atoms with Crippen molar-refractivity contribution in [1.82, 2.24) is 5.32 Å². The van der Waals surface area contributed by atoms with Gasteiger partial charge in [0.15, 0.2) is 0 Å². The Kier molecular flexibility index (Phi) is 6.98. The zero-order valence-corrected chi connectivity index (χ0v) is 14.1. The van der Waals surface area contributed by atoms with Gasteiger partial charge in [0, 0.05) is 16.4 Å². The number of methoxy groups -OCH3 is 1. The second-order valence-electron chi connectivity index (χ2n) is 5.04. The van der Waals surface area contributed by atoms with E-state index in [0.717, 1.165) is 9.13 Å². The van der Waals surface area contributed by atoms with Crippen molar-refractivity contribution in [2.45, 2.75) is 32.7 Å². The maximum Gasteiger partial charge on any atom is 0.328 e. The van der Waals surface area contributed by atoms with Crippen LogP contribution in [0.1, 0.15) is 25.8 Å². The molecule has 1 aromatic rings. The molecule has 0 aliphatic heterocycles. The van der Waals surface area contributed by atoms with E-state index in [1.54, 1.807) is 0 Å². The third-order valence-electron chi connectivity index (χ3n) is 2.80. The number of amides is 1. The summed E-state index contributed by atoms with van der Waals surface area (Å²) in [6.07, 6.45) is 0.842. The lowest BCUT2D eigenvalue weighted by molar-refractivity contribution is -0.145. The summed E-state index contributed by atoms with van der Waals surface area (Å²) in [5, 5.41) is 2.76. The Morgan fingerprint density at radius 2 is 1.95 bits per heavy atom. The number of hydrogen-bond donors (Lipinski definition) is 1. The first-order valence-electron chi connectivity index (χ1n) is 6.54. The van der Waals surface area contributed by atoms with E-state index in [4.69, 9.17) is 4.74 Å². The number of carbonyl (C=O) groups excluding carboxylic acids is 2. The molecule has 1 rings (SSSR count). The van der Waals surface area contributed by atoms with E-state index in [2.05, 4.69) is 27.9 Å². The van der Waals surface area contributed by atoms with Crippen molar-refractivity contribution in [2.24, 2.45) is 5.92 Å². The lowest BCUT2D eigenvalue weighted by Crippen LogP contribution is -2.43. The number of benzene rings is 1. The second kappa shape index (κ2) is 8.24. The number of halogens is 1. The normalized spacial score (nSPS) is 12.1. The lowest BCUT2D eigenvalue weighted by atomic mass is 10.0. The number of carbonyl (C=O) groups is 2. The van der Waals surface area contributed by atoms with Crippen molar-refractivity contribution >= 4 is 34.5 Å². The minimum atomic E-state index is -0.637. The van der Waals surface area contributed by atoms with Crippen LogP contribution in [-0.4, -0.2) is 25.0 Å². The van der Waals surface area contributed by atoms with Crippen molar-refractivity contribution < 1.29 is 14.3 Å². The van der Waals surface area contributed by atoms with E-state index in [1.807, 2.05) is 38.1 Å². The number of nitrogens with one attached hydrogen (secondary N) is 1. The van der Waals surface area contributed by atoms with Gasteiger partial charge < -0.3 is 10.1 Å². The van der Waals surface area contributed by atoms with Crippen LogP contribution in [0.2, 0.25) is 0 Å². The van der Waals surface area contributed by atoms with Gasteiger partial charge in [0.05, 0.1) is 7.11 Å². The van der Waals surface area contributed by atoms with Crippen molar-refractivity contribution in [3.05, 3.63) is 33.4 Å². The minimum absolute atomic E-state index is 0.124. The highest BCUT2D eigenvalue weighted by molar-refractivity contribution is 14.1. The molecule has 110 valence electrons. The fourth-order valence-corrected chi connectivity index (χ4v) is 2.45. The van der Waals surface area contributed by atoms with Gasteiger partial charge in [-0.2, -0.15) is 0 Å². The minimum Gasteiger partial charge on any atom is -0.467 e. The third kappa shape index (κ3) is 5.48. The zero-order valence-electron chi connectivity index (χ0n) is 12.0. The van der Waals surface area contributed by atoms with E-state index < -0.39 is 12.0 Å². The average molecular weight is 389 g/mol. The second-order valence-corrected chi connectivity index (χ2v) is 6.20. The van der Waals surface area contributed by atoms with E-state index in [0.29, 0.717) is 12.8 Å². The molecular weight excluding hydrogens is 369 g/mol. The standard InChI is InChI=1S/C15H20INO3/c1-10(2)8-14(18)17-13(15(19)20-3)9-11-6-4-5-7-12(11)16/h4-7,10,13H,8-9H2,1-3H3,(H,17,18)/t13-/m1/s1. The summed E-state index contributed by atoms with van der Waals surface area (Å²) in [5.74, 6) is -0.284. The van der Waals surface area contributed by atoms with Crippen molar-refractivity contribution in [3.63, 3.8) is 0 Å². The Bertz CT molecular complexity index is 474. The maximum atomic E-state index is 11.8. The smallest absolute Gasteiger partial charge is 0.328 e. The summed E-state index contributed by atoms with van der Waals surface area (Å²) < 4.78 is 5.84. The van der Waals surface area contributed by atoms with E-state index in [9.17, 15) is 9.59 Å². The Morgan fingerprint density at radius 3 is 2.50 bits per heavy atom. The van der Waals surface area contributed by atoms with Gasteiger partial charge in [-0.25, -0.2) is 4.79 Å². The summed E-state index contributed by atoms with van der Waals surface area (Å²) in [4.78, 5) is 23.6. The molecule has 5 heteroatoms. The first-order valence-corrected chi connectivity index (χ1v) is 7.62. The summed E-state index contributed by atoms with van der Waals surface area (Å²) in [7, 11) is 1.33. The third-order valence-corrected chi connectivity index (χ3v) is 3.85. The van der Waals surface area contributed by atoms with Crippen LogP contribution < -0.4 is 5.32 Å². The molecular formula is C15H20INO3. The van der Waals surface area contributed by atoms with Crippen LogP contribution in [-0.2, 0) is 20.7 Å². The molecule has 0 unspecified atom stereocenters. The van der Waals surface area contributed by atoms with Crippen molar-refractivity contribution in [3.8, 4) is 0 Å².